The molecule has 1 amide bonds. The first-order valence-corrected chi connectivity index (χ1v) is 19.2. The number of aromatic nitrogens is 5. The third-order valence-corrected chi connectivity index (χ3v) is 11.0. The van der Waals surface area contributed by atoms with E-state index in [4.69, 9.17) is 16.6 Å². The first-order valence-electron chi connectivity index (χ1n) is 17.3. The van der Waals surface area contributed by atoms with Gasteiger partial charge in [0.1, 0.15) is 40.9 Å². The van der Waals surface area contributed by atoms with Crippen LogP contribution in [-0.2, 0) is 40.9 Å². The van der Waals surface area contributed by atoms with Gasteiger partial charge in [-0.1, -0.05) is 23.6 Å². The molecule has 5 aromatic rings. The number of nitrogens with one attached hydrogen (secondary N) is 3. The van der Waals surface area contributed by atoms with Crippen LogP contribution in [0.15, 0.2) is 42.5 Å². The van der Waals surface area contributed by atoms with Crippen LogP contribution in [0.3, 0.4) is 0 Å². The van der Waals surface area contributed by atoms with Crippen LogP contribution in [0.1, 0.15) is 72.6 Å². The summed E-state index contributed by atoms with van der Waals surface area (Å²) >= 11 is 6.59. The Hall–Kier alpha value is -5.16. The van der Waals surface area contributed by atoms with Gasteiger partial charge in [-0.05, 0) is 74.4 Å². The lowest BCUT2D eigenvalue weighted by molar-refractivity contribution is -0.123. The zero-order valence-corrected chi connectivity index (χ0v) is 32.0. The van der Waals surface area contributed by atoms with Crippen molar-refractivity contribution in [3.05, 3.63) is 93.0 Å². The summed E-state index contributed by atoms with van der Waals surface area (Å²) in [7, 11) is -1.37. The fraction of sp³-hybridized carbons (Fsp3) is 0.351. The van der Waals surface area contributed by atoms with Crippen LogP contribution in [0.4, 0.5) is 32.2 Å². The summed E-state index contributed by atoms with van der Waals surface area (Å²) in [6, 6.07) is 7.42. The average Bonchev–Trinajstić information content (AvgIpc) is 3.65. The first-order chi connectivity index (χ1) is 26.7. The highest BCUT2D eigenvalue weighted by Gasteiger charge is 2.67. The van der Waals surface area contributed by atoms with Crippen molar-refractivity contribution in [3.8, 4) is 23.0 Å². The van der Waals surface area contributed by atoms with Gasteiger partial charge in [0.05, 0.1) is 27.7 Å². The second-order valence-corrected chi connectivity index (χ2v) is 16.3. The van der Waals surface area contributed by atoms with E-state index in [-0.39, 0.29) is 62.7 Å². The number of anilines is 1. The molecule has 12 nitrogen and oxygen atoms in total. The number of nitrogens with zero attached hydrogens (tertiary/aromatic N) is 5. The molecule has 300 valence electrons. The molecule has 1 unspecified atom stereocenters. The Morgan fingerprint density at radius 2 is 1.77 bits per heavy atom. The minimum atomic E-state index is -4.07. The van der Waals surface area contributed by atoms with Gasteiger partial charge >= 0.3 is 0 Å². The number of fused-ring (bicyclic) bond motifs is 4. The molecule has 20 heteroatoms. The van der Waals surface area contributed by atoms with E-state index < -0.39 is 81.5 Å². The fourth-order valence-corrected chi connectivity index (χ4v) is 7.98. The number of alkyl halides is 4. The summed E-state index contributed by atoms with van der Waals surface area (Å²) < 4.78 is 119. The summed E-state index contributed by atoms with van der Waals surface area (Å²) in [5.41, 5.74) is -2.32. The normalized spacial score (nSPS) is 17.6. The zero-order valence-electron chi connectivity index (χ0n) is 30.4. The van der Waals surface area contributed by atoms with Crippen LogP contribution in [0.25, 0.3) is 22.0 Å². The molecule has 0 spiro atoms. The van der Waals surface area contributed by atoms with E-state index in [1.54, 1.807) is 12.1 Å². The molecule has 2 aliphatic carbocycles. The maximum atomic E-state index is 15.4. The van der Waals surface area contributed by atoms with Gasteiger partial charge in [0.2, 0.25) is 5.91 Å². The molecule has 0 radical (unpaired) electrons. The predicted octanol–water partition coefficient (Wildman–Crippen LogP) is 6.01. The molecule has 1 saturated carbocycles. The number of amides is 1. The number of pyridine rings is 1. The summed E-state index contributed by atoms with van der Waals surface area (Å²) in [6.07, 6.45) is -3.51. The summed E-state index contributed by atoms with van der Waals surface area (Å²) in [5, 5.41) is 21.3. The third kappa shape index (κ3) is 7.78. The van der Waals surface area contributed by atoms with Crippen LogP contribution >= 0.6 is 11.6 Å². The van der Waals surface area contributed by atoms with Crippen molar-refractivity contribution in [1.82, 2.24) is 34.6 Å². The summed E-state index contributed by atoms with van der Waals surface area (Å²) in [6.45, 7) is 1.94. The Balaban J connectivity index is 1.39. The molecular weight excluding hydrogens is 802 g/mol. The van der Waals surface area contributed by atoms with Gasteiger partial charge in [-0.3, -0.25) is 18.9 Å². The molecule has 4 N–H and O–H groups in total. The van der Waals surface area contributed by atoms with Crippen LogP contribution in [0.5, 0.6) is 0 Å². The van der Waals surface area contributed by atoms with Crippen molar-refractivity contribution in [2.75, 3.05) is 11.8 Å². The van der Waals surface area contributed by atoms with Gasteiger partial charge in [0.25, 0.3) is 22.6 Å². The lowest BCUT2D eigenvalue weighted by atomic mass is 9.93. The number of benzene rings is 2. The molecular formula is C37H33ClF6N8O4S. The molecule has 7 rings (SSSR count). The number of aliphatic hydroxyl groups is 1. The molecule has 0 saturated heterocycles. The molecule has 3 heterocycles. The van der Waals surface area contributed by atoms with E-state index in [0.717, 1.165) is 12.1 Å². The largest absolute Gasteiger partial charge is 0.378 e. The van der Waals surface area contributed by atoms with Gasteiger partial charge in [-0.25, -0.2) is 27.3 Å². The van der Waals surface area contributed by atoms with Crippen LogP contribution in [0, 0.1) is 29.4 Å². The average molecular weight is 835 g/mol. The quantitative estimate of drug-likeness (QED) is 0.0939. The molecule has 57 heavy (non-hydrogen) atoms. The second-order valence-electron chi connectivity index (χ2n) is 14.3. The van der Waals surface area contributed by atoms with Crippen molar-refractivity contribution >= 4 is 44.4 Å². The molecule has 0 bridgehead atoms. The lowest BCUT2D eigenvalue weighted by Crippen LogP contribution is -2.35. The Morgan fingerprint density at radius 1 is 1.09 bits per heavy atom. The van der Waals surface area contributed by atoms with Crippen molar-refractivity contribution in [3.63, 3.8) is 0 Å². The Kier molecular flexibility index (Phi) is 10.1. The van der Waals surface area contributed by atoms with Gasteiger partial charge in [-0.2, -0.15) is 27.4 Å². The monoisotopic (exact) mass is 834 g/mol. The molecule has 0 aliphatic heterocycles. The topological polar surface area (TPSA) is 156 Å². The van der Waals surface area contributed by atoms with Crippen molar-refractivity contribution in [2.24, 2.45) is 13.0 Å². The Labute approximate surface area is 326 Å². The second kappa shape index (κ2) is 14.3. The van der Waals surface area contributed by atoms with Gasteiger partial charge in [0.15, 0.2) is 5.82 Å². The van der Waals surface area contributed by atoms with E-state index in [1.807, 2.05) is 0 Å². The van der Waals surface area contributed by atoms with Crippen LogP contribution in [-0.4, -0.2) is 56.6 Å². The van der Waals surface area contributed by atoms with Crippen LogP contribution < -0.4 is 14.8 Å². The maximum absolute atomic E-state index is 15.4. The number of hydrogen-bond acceptors (Lipinski definition) is 7. The number of carbonyl (C=O) groups is 1. The Morgan fingerprint density at radius 3 is 2.42 bits per heavy atom. The molecule has 2 aromatic carbocycles. The standard InChI is InChI=1S/C37H33ClF6N8O4S/c1-36(2,54)10-9-20-5-6-21(22-7-8-25(38)29-32(22)51(4)49-35(29)50-57(55,56)45-3)30(46-20)26(13-17-11-18(39)14-19(40)12-17)47-27(53)16-52-33-28(31(48-52)34(41)42)23-15-24(23)37(33,43)44/h5-8,11-12,14,23-24,26,34,45,54H,13,15-16H2,1-4H3,(H,47,53)(H,49,50)/t23-,24?,26-/m0/s1. The van der Waals surface area contributed by atoms with Crippen molar-refractivity contribution in [1.29, 1.82) is 0 Å². The van der Waals surface area contributed by atoms with Gasteiger partial charge in [0, 0.05) is 42.8 Å². The molecule has 3 atom stereocenters. The first kappa shape index (κ1) is 40.1. The zero-order chi connectivity index (χ0) is 41.4. The fourth-order valence-electron chi connectivity index (χ4n) is 7.23. The number of carbonyl (C=O) groups excluding carboxylic acids is 1. The van der Waals surface area contributed by atoms with E-state index >= 15 is 8.78 Å². The molecule has 3 aromatic heterocycles. The van der Waals surface area contributed by atoms with Crippen molar-refractivity contribution < 1.29 is 44.7 Å². The number of rotatable bonds is 11. The third-order valence-electron chi connectivity index (χ3n) is 9.64. The predicted molar refractivity (Wildman–Crippen MR) is 197 cm³/mol. The maximum Gasteiger partial charge on any atom is 0.300 e. The summed E-state index contributed by atoms with van der Waals surface area (Å²) in [4.78, 5) is 18.6. The van der Waals surface area contributed by atoms with Gasteiger partial charge < -0.3 is 10.4 Å². The lowest BCUT2D eigenvalue weighted by Gasteiger charge is -2.23. The minimum Gasteiger partial charge on any atom is -0.378 e. The highest BCUT2D eigenvalue weighted by molar-refractivity contribution is 7.90. The Bertz CT molecular complexity index is 2610. The number of aryl methyl sites for hydroxylation is 1. The smallest absolute Gasteiger partial charge is 0.300 e. The van der Waals surface area contributed by atoms with E-state index in [9.17, 15) is 35.9 Å². The van der Waals surface area contributed by atoms with E-state index in [0.29, 0.717) is 16.3 Å². The summed E-state index contributed by atoms with van der Waals surface area (Å²) in [5.74, 6) is -3.09. The highest BCUT2D eigenvalue weighted by atomic mass is 35.5. The molecule has 1 fully saturated rings. The minimum absolute atomic E-state index is 0.0164. The number of hydrogen-bond donors (Lipinski definition) is 4. The van der Waals surface area contributed by atoms with E-state index in [1.165, 1.54) is 44.8 Å². The van der Waals surface area contributed by atoms with E-state index in [2.05, 4.69) is 36.8 Å². The number of halogens is 7. The molecule has 2 aliphatic rings. The van der Waals surface area contributed by atoms with Gasteiger partial charge in [-0.15, -0.1) is 0 Å². The van der Waals surface area contributed by atoms with Crippen LogP contribution in [0.2, 0.25) is 5.02 Å². The van der Waals surface area contributed by atoms with Crippen molar-refractivity contribution in [2.45, 2.75) is 63.1 Å². The highest BCUT2D eigenvalue weighted by Crippen LogP contribution is 2.68. The SMILES string of the molecule is CNS(=O)(=O)Nc1nn(C)c2c(-c3ccc(C#CC(C)(C)O)nc3[C@H](Cc3cc(F)cc(F)c3)NC(=O)Cn3nc(C(F)F)c4c3C(F)(F)C3C[C@H]43)ccc(Cl)c12.